The summed E-state index contributed by atoms with van der Waals surface area (Å²) in [6, 6.07) is 0.387. The molecule has 0 aromatic heterocycles. The highest BCUT2D eigenvalue weighted by Crippen LogP contribution is 2.57. The van der Waals surface area contributed by atoms with Crippen LogP contribution in [0.2, 0.25) is 0 Å². The Balaban J connectivity index is 2.02. The maximum atomic E-state index is 6.32. The van der Waals surface area contributed by atoms with Gasteiger partial charge in [0.2, 0.25) is 0 Å². The summed E-state index contributed by atoms with van der Waals surface area (Å²) in [6.07, 6.45) is 6.26. The van der Waals surface area contributed by atoms with Crippen LogP contribution in [0.5, 0.6) is 0 Å². The molecule has 0 radical (unpaired) electrons. The Morgan fingerprint density at radius 1 is 1.29 bits per heavy atom. The number of hydrogen-bond acceptors (Lipinski definition) is 2. The van der Waals surface area contributed by atoms with Gasteiger partial charge in [-0.05, 0) is 45.4 Å². The van der Waals surface area contributed by atoms with Crippen LogP contribution in [0, 0.1) is 11.8 Å². The second-order valence-corrected chi connectivity index (χ2v) is 6.11. The molecule has 4 fully saturated rings. The average Bonchev–Trinajstić information content (AvgIpc) is 1.97. The molecular formula is C12H21NO. The van der Waals surface area contributed by atoms with Gasteiger partial charge in [0.25, 0.3) is 0 Å². The fourth-order valence-electron chi connectivity index (χ4n) is 4.62. The molecule has 2 aliphatic heterocycles. The highest BCUT2D eigenvalue weighted by atomic mass is 16.5. The van der Waals surface area contributed by atoms with Crippen molar-refractivity contribution in [1.82, 2.24) is 0 Å². The molecule has 4 rings (SSSR count). The van der Waals surface area contributed by atoms with Crippen molar-refractivity contribution in [2.75, 3.05) is 0 Å². The quantitative estimate of drug-likeness (QED) is 0.642. The Bertz CT molecular complexity index is 267. The smallest absolute Gasteiger partial charge is 0.0707 e. The van der Waals surface area contributed by atoms with E-state index in [4.69, 9.17) is 10.5 Å². The molecule has 4 aliphatic rings. The highest BCUT2D eigenvalue weighted by molar-refractivity contribution is 5.10. The van der Waals surface area contributed by atoms with E-state index in [1.165, 1.54) is 25.7 Å². The molecule has 2 aliphatic carbocycles. The zero-order valence-corrected chi connectivity index (χ0v) is 9.25. The lowest BCUT2D eigenvalue weighted by molar-refractivity contribution is -0.279. The molecule has 2 nitrogen and oxygen atoms in total. The second kappa shape index (κ2) is 2.53. The fraction of sp³-hybridized carbons (Fsp3) is 1.00. The van der Waals surface area contributed by atoms with Crippen LogP contribution in [0.15, 0.2) is 0 Å². The summed E-state index contributed by atoms with van der Waals surface area (Å²) in [5, 5.41) is 0. The SMILES string of the molecule is CC12CC(N)C3C(CCCC3(C)O1)C2. The Labute approximate surface area is 86.2 Å². The van der Waals surface area contributed by atoms with Crippen molar-refractivity contribution in [3.63, 3.8) is 0 Å². The third kappa shape index (κ3) is 1.04. The predicted molar refractivity (Wildman–Crippen MR) is 55.9 cm³/mol. The molecule has 5 atom stereocenters. The van der Waals surface area contributed by atoms with Crippen LogP contribution >= 0.6 is 0 Å². The van der Waals surface area contributed by atoms with Gasteiger partial charge in [0.05, 0.1) is 11.2 Å². The van der Waals surface area contributed by atoms with Gasteiger partial charge in [-0.15, -0.1) is 0 Å². The first-order valence-corrected chi connectivity index (χ1v) is 5.98. The van der Waals surface area contributed by atoms with Gasteiger partial charge < -0.3 is 10.5 Å². The summed E-state index contributed by atoms with van der Waals surface area (Å²) in [5.41, 5.74) is 6.50. The van der Waals surface area contributed by atoms with Crippen LogP contribution in [0.25, 0.3) is 0 Å². The van der Waals surface area contributed by atoms with E-state index in [0.717, 1.165) is 12.3 Å². The molecule has 2 N–H and O–H groups in total. The molecule has 2 heteroatoms. The third-order valence-electron chi connectivity index (χ3n) is 4.76. The molecule has 0 spiro atoms. The first-order valence-electron chi connectivity index (χ1n) is 5.98. The molecule has 0 aromatic carbocycles. The van der Waals surface area contributed by atoms with E-state index in [0.29, 0.717) is 12.0 Å². The van der Waals surface area contributed by atoms with Gasteiger partial charge in [0, 0.05) is 12.0 Å². The minimum absolute atomic E-state index is 0.0913. The van der Waals surface area contributed by atoms with Gasteiger partial charge in [-0.1, -0.05) is 6.42 Å². The number of rotatable bonds is 0. The van der Waals surface area contributed by atoms with Gasteiger partial charge in [0.15, 0.2) is 0 Å². The van der Waals surface area contributed by atoms with E-state index in [1.807, 2.05) is 0 Å². The minimum atomic E-state index is 0.0913. The van der Waals surface area contributed by atoms with Crippen molar-refractivity contribution in [3.05, 3.63) is 0 Å². The number of ether oxygens (including phenoxy) is 1. The third-order valence-corrected chi connectivity index (χ3v) is 4.76. The molecule has 2 saturated heterocycles. The lowest BCUT2D eigenvalue weighted by atomic mass is 9.55. The Morgan fingerprint density at radius 3 is 2.71 bits per heavy atom. The molecule has 5 unspecified atom stereocenters. The minimum Gasteiger partial charge on any atom is -0.369 e. The van der Waals surface area contributed by atoms with E-state index in [-0.39, 0.29) is 11.2 Å². The summed E-state index contributed by atoms with van der Waals surface area (Å²) in [4.78, 5) is 0. The lowest BCUT2D eigenvalue weighted by Gasteiger charge is -2.63. The van der Waals surface area contributed by atoms with E-state index in [9.17, 15) is 0 Å². The van der Waals surface area contributed by atoms with Crippen molar-refractivity contribution in [3.8, 4) is 0 Å². The molecule has 2 heterocycles. The first-order chi connectivity index (χ1) is 6.53. The summed E-state index contributed by atoms with van der Waals surface area (Å²) >= 11 is 0. The second-order valence-electron chi connectivity index (χ2n) is 6.11. The zero-order chi connectivity index (χ0) is 9.97. The van der Waals surface area contributed by atoms with Crippen LogP contribution in [0.4, 0.5) is 0 Å². The van der Waals surface area contributed by atoms with E-state index < -0.39 is 0 Å². The maximum absolute atomic E-state index is 6.32. The lowest BCUT2D eigenvalue weighted by Crippen LogP contribution is -2.68. The van der Waals surface area contributed by atoms with Gasteiger partial charge in [-0.3, -0.25) is 0 Å². The number of nitrogens with two attached hydrogens (primary N) is 1. The van der Waals surface area contributed by atoms with Crippen molar-refractivity contribution in [1.29, 1.82) is 0 Å². The highest BCUT2D eigenvalue weighted by Gasteiger charge is 2.59. The predicted octanol–water partition coefficient (Wildman–Crippen LogP) is 2.07. The first kappa shape index (κ1) is 9.17. The fourth-order valence-corrected chi connectivity index (χ4v) is 4.62. The number of fused-ring (bicyclic) bond motifs is 1. The van der Waals surface area contributed by atoms with Crippen LogP contribution in [0.1, 0.15) is 46.0 Å². The van der Waals surface area contributed by atoms with Crippen molar-refractivity contribution in [2.45, 2.75) is 63.2 Å². The molecule has 0 amide bonds. The van der Waals surface area contributed by atoms with Crippen molar-refractivity contribution in [2.24, 2.45) is 17.6 Å². The number of hydrogen-bond donors (Lipinski definition) is 1. The van der Waals surface area contributed by atoms with Crippen LogP contribution in [-0.4, -0.2) is 17.2 Å². The summed E-state index contributed by atoms with van der Waals surface area (Å²) in [6.45, 7) is 4.55. The summed E-state index contributed by atoms with van der Waals surface area (Å²) in [5.74, 6) is 1.48. The molecule has 4 bridgehead atoms. The van der Waals surface area contributed by atoms with E-state index >= 15 is 0 Å². The zero-order valence-electron chi connectivity index (χ0n) is 9.25. The monoisotopic (exact) mass is 195 g/mol. The van der Waals surface area contributed by atoms with Crippen molar-refractivity contribution < 1.29 is 4.74 Å². The largest absolute Gasteiger partial charge is 0.369 e. The van der Waals surface area contributed by atoms with E-state index in [1.54, 1.807) is 0 Å². The van der Waals surface area contributed by atoms with Gasteiger partial charge in [0.1, 0.15) is 0 Å². The molecule has 80 valence electrons. The maximum Gasteiger partial charge on any atom is 0.0707 e. The molecule has 0 aromatic rings. The molecule has 2 saturated carbocycles. The standard InChI is InChI=1S/C12H21NO/c1-11-6-8-4-3-5-12(2,14-11)10(8)9(13)7-11/h8-10H,3-7,13H2,1-2H3. The van der Waals surface area contributed by atoms with Gasteiger partial charge in [-0.2, -0.15) is 0 Å². The van der Waals surface area contributed by atoms with Crippen molar-refractivity contribution >= 4 is 0 Å². The summed E-state index contributed by atoms with van der Waals surface area (Å²) in [7, 11) is 0. The Hall–Kier alpha value is -0.0800. The topological polar surface area (TPSA) is 35.2 Å². The van der Waals surface area contributed by atoms with Gasteiger partial charge in [-0.25, -0.2) is 0 Å². The van der Waals surface area contributed by atoms with Crippen LogP contribution in [-0.2, 0) is 4.74 Å². The van der Waals surface area contributed by atoms with Crippen LogP contribution in [0.3, 0.4) is 0 Å². The van der Waals surface area contributed by atoms with Gasteiger partial charge >= 0.3 is 0 Å². The van der Waals surface area contributed by atoms with Crippen LogP contribution < -0.4 is 5.73 Å². The Kier molecular flexibility index (Phi) is 1.66. The Morgan fingerprint density at radius 2 is 2.07 bits per heavy atom. The normalized spacial score (nSPS) is 61.5. The average molecular weight is 195 g/mol. The van der Waals surface area contributed by atoms with E-state index in [2.05, 4.69) is 13.8 Å². The summed E-state index contributed by atoms with van der Waals surface area (Å²) < 4.78 is 6.32. The molecular weight excluding hydrogens is 174 g/mol. The molecule has 14 heavy (non-hydrogen) atoms.